The number of imide groups is 1. The predicted octanol–water partition coefficient (Wildman–Crippen LogP) is 4.59. The predicted molar refractivity (Wildman–Crippen MR) is 108 cm³/mol. The van der Waals surface area contributed by atoms with E-state index in [9.17, 15) is 14.4 Å². The van der Waals surface area contributed by atoms with Crippen LogP contribution in [0, 0.1) is 17.8 Å². The van der Waals surface area contributed by atoms with Crippen LogP contribution in [0.2, 0.25) is 0 Å². The second kappa shape index (κ2) is 7.51. The Hall–Kier alpha value is -2.47. The number of fused-ring (bicyclic) bond motifs is 1. The van der Waals surface area contributed by atoms with Gasteiger partial charge in [0.15, 0.2) is 5.75 Å². The molecule has 4 rings (SSSR count). The molecule has 1 saturated heterocycles. The minimum atomic E-state index is -0.537. The minimum Gasteiger partial charge on any atom is -0.421 e. The van der Waals surface area contributed by atoms with Gasteiger partial charge in [-0.25, -0.2) is 9.69 Å². The first-order chi connectivity index (χ1) is 13.5. The van der Waals surface area contributed by atoms with Crippen LogP contribution in [0.1, 0.15) is 36.5 Å². The third-order valence-corrected chi connectivity index (χ3v) is 6.11. The van der Waals surface area contributed by atoms with Gasteiger partial charge in [-0.05, 0) is 61.6 Å². The molecular weight excluding hydrogens is 422 g/mol. The average molecular weight is 442 g/mol. The molecule has 28 heavy (non-hydrogen) atoms. The lowest BCUT2D eigenvalue weighted by atomic mass is 9.76. The molecule has 1 aliphatic heterocycles. The van der Waals surface area contributed by atoms with Gasteiger partial charge in [-0.1, -0.05) is 35.0 Å². The summed E-state index contributed by atoms with van der Waals surface area (Å²) in [5.74, 6) is -0.800. The number of rotatable bonds is 3. The Bertz CT molecular complexity index is 940. The van der Waals surface area contributed by atoms with Gasteiger partial charge in [-0.3, -0.25) is 9.59 Å². The molecule has 2 aromatic rings. The van der Waals surface area contributed by atoms with Crippen LogP contribution >= 0.6 is 15.9 Å². The van der Waals surface area contributed by atoms with Crippen molar-refractivity contribution in [1.82, 2.24) is 0 Å². The second-order valence-corrected chi connectivity index (χ2v) is 8.42. The number of esters is 1. The van der Waals surface area contributed by atoms with Gasteiger partial charge < -0.3 is 4.74 Å². The number of hydrogen-bond acceptors (Lipinski definition) is 4. The first kappa shape index (κ1) is 18.9. The van der Waals surface area contributed by atoms with E-state index in [-0.39, 0.29) is 29.4 Å². The number of halogens is 1. The summed E-state index contributed by atoms with van der Waals surface area (Å²) in [6.07, 6.45) is 2.41. The number of hydrogen-bond donors (Lipinski definition) is 0. The van der Waals surface area contributed by atoms with Crippen LogP contribution in [0.5, 0.6) is 5.75 Å². The Morgan fingerprint density at radius 1 is 1.00 bits per heavy atom. The average Bonchev–Trinajstić information content (AvgIpc) is 2.93. The zero-order valence-electron chi connectivity index (χ0n) is 15.4. The molecule has 0 unspecified atom stereocenters. The van der Waals surface area contributed by atoms with Crippen LogP contribution in [0.4, 0.5) is 5.69 Å². The van der Waals surface area contributed by atoms with Crippen molar-refractivity contribution in [3.05, 3.63) is 58.6 Å². The lowest BCUT2D eigenvalue weighted by molar-refractivity contribution is -0.122. The zero-order chi connectivity index (χ0) is 19.8. The number of benzene rings is 2. The van der Waals surface area contributed by atoms with E-state index < -0.39 is 5.97 Å². The molecule has 3 atom stereocenters. The smallest absolute Gasteiger partial charge is 0.343 e. The van der Waals surface area contributed by atoms with Crippen LogP contribution < -0.4 is 9.64 Å². The fraction of sp³-hybridized carbons (Fsp3) is 0.318. The lowest BCUT2D eigenvalue weighted by Crippen LogP contribution is -2.31. The summed E-state index contributed by atoms with van der Waals surface area (Å²) in [6, 6.07) is 13.5. The van der Waals surface area contributed by atoms with Crippen LogP contribution in [-0.4, -0.2) is 17.8 Å². The molecule has 144 valence electrons. The minimum absolute atomic E-state index is 0.186. The number of amides is 2. The number of carbonyl (C=O) groups excluding carboxylic acids is 3. The highest BCUT2D eigenvalue weighted by atomic mass is 79.9. The van der Waals surface area contributed by atoms with Gasteiger partial charge in [-0.2, -0.15) is 0 Å². The topological polar surface area (TPSA) is 63.7 Å². The van der Waals surface area contributed by atoms with E-state index in [0.29, 0.717) is 17.2 Å². The monoisotopic (exact) mass is 441 g/mol. The van der Waals surface area contributed by atoms with Gasteiger partial charge in [0.25, 0.3) is 0 Å². The normalized spacial score (nSPS) is 24.2. The fourth-order valence-electron chi connectivity index (χ4n) is 4.10. The molecule has 0 radical (unpaired) electrons. The largest absolute Gasteiger partial charge is 0.421 e. The maximum atomic E-state index is 13.0. The highest BCUT2D eigenvalue weighted by molar-refractivity contribution is 9.10. The summed E-state index contributed by atoms with van der Waals surface area (Å²) < 4.78 is 6.41. The molecule has 2 fully saturated rings. The summed E-state index contributed by atoms with van der Waals surface area (Å²) in [4.78, 5) is 39.7. The summed E-state index contributed by atoms with van der Waals surface area (Å²) in [5.41, 5.74) is 0.726. The fourth-order valence-corrected chi connectivity index (χ4v) is 4.36. The molecule has 0 spiro atoms. The van der Waals surface area contributed by atoms with Gasteiger partial charge in [0.1, 0.15) is 0 Å². The van der Waals surface area contributed by atoms with Crippen LogP contribution in [0.3, 0.4) is 0 Å². The second-order valence-electron chi connectivity index (χ2n) is 7.51. The lowest BCUT2D eigenvalue weighted by Gasteiger charge is -2.25. The van der Waals surface area contributed by atoms with E-state index in [1.165, 1.54) is 4.90 Å². The molecule has 2 aromatic carbocycles. The van der Waals surface area contributed by atoms with E-state index in [1.807, 2.05) is 0 Å². The van der Waals surface area contributed by atoms with Gasteiger partial charge in [0.2, 0.25) is 11.8 Å². The van der Waals surface area contributed by atoms with E-state index in [0.717, 1.165) is 23.7 Å². The number of nitrogens with zero attached hydrogens (tertiary/aromatic N) is 1. The Morgan fingerprint density at radius 3 is 2.43 bits per heavy atom. The van der Waals surface area contributed by atoms with Gasteiger partial charge in [0.05, 0.1) is 23.1 Å². The summed E-state index contributed by atoms with van der Waals surface area (Å²) in [5, 5.41) is 0. The SMILES string of the molecule is C[C@H]1CC[C@H]2C(=O)N(c3ccccc3OC(=O)c3ccc(Br)cc3)C(=O)[C@@H]2C1. The van der Waals surface area contributed by atoms with Gasteiger partial charge in [0, 0.05) is 4.47 Å². The van der Waals surface area contributed by atoms with Crippen molar-refractivity contribution in [1.29, 1.82) is 0 Å². The summed E-state index contributed by atoms with van der Waals surface area (Å²) >= 11 is 3.33. The zero-order valence-corrected chi connectivity index (χ0v) is 17.0. The van der Waals surface area contributed by atoms with Crippen LogP contribution in [0.15, 0.2) is 53.0 Å². The molecule has 1 saturated carbocycles. The van der Waals surface area contributed by atoms with Gasteiger partial charge >= 0.3 is 5.97 Å². The molecule has 1 aliphatic carbocycles. The standard InChI is InChI=1S/C22H20BrNO4/c1-13-6-11-16-17(12-13)21(26)24(20(16)25)18-4-2-3-5-19(18)28-22(27)14-7-9-15(23)10-8-14/h2-5,7-10,13,16-17H,6,11-12H2,1H3/t13-,16+,17+/m0/s1. The van der Waals surface area contributed by atoms with Crippen molar-refractivity contribution in [3.63, 3.8) is 0 Å². The molecule has 2 amide bonds. The van der Waals surface area contributed by atoms with Crippen molar-refractivity contribution in [2.24, 2.45) is 17.8 Å². The van der Waals surface area contributed by atoms with Crippen LogP contribution in [0.25, 0.3) is 0 Å². The number of carbonyl (C=O) groups is 3. The molecular formula is C22H20BrNO4. The third kappa shape index (κ3) is 3.37. The molecule has 0 N–H and O–H groups in total. The van der Waals surface area contributed by atoms with Crippen molar-refractivity contribution in [2.75, 3.05) is 4.90 Å². The quantitative estimate of drug-likeness (QED) is 0.396. The highest BCUT2D eigenvalue weighted by Gasteiger charge is 2.50. The molecule has 6 heteroatoms. The Labute approximate surface area is 171 Å². The van der Waals surface area contributed by atoms with E-state index in [4.69, 9.17) is 4.74 Å². The van der Waals surface area contributed by atoms with Gasteiger partial charge in [-0.15, -0.1) is 0 Å². The number of para-hydroxylation sites is 2. The third-order valence-electron chi connectivity index (χ3n) is 5.58. The maximum absolute atomic E-state index is 13.0. The van der Waals surface area contributed by atoms with E-state index >= 15 is 0 Å². The molecule has 2 aliphatic rings. The van der Waals surface area contributed by atoms with E-state index in [1.54, 1.807) is 48.5 Å². The highest BCUT2D eigenvalue weighted by Crippen LogP contribution is 2.44. The van der Waals surface area contributed by atoms with Crippen molar-refractivity contribution in [3.8, 4) is 5.75 Å². The first-order valence-electron chi connectivity index (χ1n) is 9.40. The van der Waals surface area contributed by atoms with Crippen molar-refractivity contribution >= 4 is 39.4 Å². The van der Waals surface area contributed by atoms with Crippen LogP contribution in [-0.2, 0) is 9.59 Å². The summed E-state index contributed by atoms with van der Waals surface area (Å²) in [7, 11) is 0. The Balaban J connectivity index is 1.63. The molecule has 1 heterocycles. The Kier molecular flexibility index (Phi) is 5.06. The number of anilines is 1. The Morgan fingerprint density at radius 2 is 1.68 bits per heavy atom. The molecule has 5 nitrogen and oxygen atoms in total. The molecule has 0 bridgehead atoms. The summed E-state index contributed by atoms with van der Waals surface area (Å²) in [6.45, 7) is 2.12. The van der Waals surface area contributed by atoms with Crippen molar-refractivity contribution in [2.45, 2.75) is 26.2 Å². The molecule has 0 aromatic heterocycles. The number of ether oxygens (including phenoxy) is 1. The van der Waals surface area contributed by atoms with Crippen molar-refractivity contribution < 1.29 is 19.1 Å². The maximum Gasteiger partial charge on any atom is 0.343 e. The van der Waals surface area contributed by atoms with E-state index in [2.05, 4.69) is 22.9 Å². The first-order valence-corrected chi connectivity index (χ1v) is 10.2.